The summed E-state index contributed by atoms with van der Waals surface area (Å²) >= 11 is 0. The maximum absolute atomic E-state index is 12.3. The minimum absolute atomic E-state index is 0.0705. The second kappa shape index (κ2) is 5.31. The van der Waals surface area contributed by atoms with Crippen molar-refractivity contribution in [2.75, 3.05) is 0 Å². The topological polar surface area (TPSA) is 101 Å². The number of carbonyl (C=O) groups is 2. The summed E-state index contributed by atoms with van der Waals surface area (Å²) in [7, 11) is 0. The van der Waals surface area contributed by atoms with Crippen molar-refractivity contribution in [1.82, 2.24) is 25.1 Å². The van der Waals surface area contributed by atoms with Crippen molar-refractivity contribution in [2.24, 2.45) is 0 Å². The Kier molecular flexibility index (Phi) is 3.35. The van der Waals surface area contributed by atoms with E-state index in [0.29, 0.717) is 6.42 Å². The van der Waals surface area contributed by atoms with Crippen LogP contribution in [-0.4, -0.2) is 48.1 Å². The molecule has 1 atom stereocenters. The number of nitrogens with zero attached hydrogens (tertiary/aromatic N) is 5. The number of carboxylic acid groups (broad SMARTS) is 1. The maximum atomic E-state index is 12.3. The number of benzene rings is 1. The van der Waals surface area contributed by atoms with E-state index in [4.69, 9.17) is 0 Å². The van der Waals surface area contributed by atoms with Gasteiger partial charge in [0.25, 0.3) is 0 Å². The van der Waals surface area contributed by atoms with E-state index < -0.39 is 12.0 Å². The molecule has 0 saturated carbocycles. The SMILES string of the molecule is O=C(O)C1Cc2ccccc2CN1C(=O)Cn1cnnn1. The molecule has 1 N–H and O–H groups in total. The summed E-state index contributed by atoms with van der Waals surface area (Å²) in [5.74, 6) is -1.32. The van der Waals surface area contributed by atoms with Crippen molar-refractivity contribution in [3.8, 4) is 0 Å². The molecule has 1 aliphatic heterocycles. The van der Waals surface area contributed by atoms with Gasteiger partial charge >= 0.3 is 5.97 Å². The largest absolute Gasteiger partial charge is 0.480 e. The van der Waals surface area contributed by atoms with Gasteiger partial charge in [0.15, 0.2) is 0 Å². The van der Waals surface area contributed by atoms with E-state index in [9.17, 15) is 14.7 Å². The molecule has 0 spiro atoms. The number of aliphatic carboxylic acids is 1. The van der Waals surface area contributed by atoms with Crippen LogP contribution in [0.25, 0.3) is 0 Å². The fourth-order valence-corrected chi connectivity index (χ4v) is 2.49. The summed E-state index contributed by atoms with van der Waals surface area (Å²) in [5, 5.41) is 19.9. The molecule has 1 unspecified atom stereocenters. The fraction of sp³-hybridized carbons (Fsp3) is 0.308. The van der Waals surface area contributed by atoms with Crippen LogP contribution >= 0.6 is 0 Å². The van der Waals surface area contributed by atoms with Gasteiger partial charge in [-0.1, -0.05) is 24.3 Å². The lowest BCUT2D eigenvalue weighted by Gasteiger charge is -2.34. The van der Waals surface area contributed by atoms with Crippen LogP contribution in [0.1, 0.15) is 11.1 Å². The van der Waals surface area contributed by atoms with E-state index in [2.05, 4.69) is 15.5 Å². The minimum Gasteiger partial charge on any atom is -0.480 e. The van der Waals surface area contributed by atoms with Crippen molar-refractivity contribution in [2.45, 2.75) is 25.6 Å². The third-order valence-electron chi connectivity index (χ3n) is 3.54. The molecular formula is C13H13N5O3. The lowest BCUT2D eigenvalue weighted by molar-refractivity contribution is -0.151. The molecular weight excluding hydrogens is 274 g/mol. The van der Waals surface area contributed by atoms with Gasteiger partial charge in [0, 0.05) is 13.0 Å². The van der Waals surface area contributed by atoms with E-state index in [0.717, 1.165) is 11.1 Å². The minimum atomic E-state index is -1.01. The number of tetrazole rings is 1. The molecule has 1 aromatic heterocycles. The predicted molar refractivity (Wildman–Crippen MR) is 69.9 cm³/mol. The molecule has 2 aromatic rings. The predicted octanol–water partition coefficient (Wildman–Crippen LogP) is -0.289. The van der Waals surface area contributed by atoms with E-state index in [1.807, 2.05) is 24.3 Å². The number of aromatic nitrogens is 4. The Balaban J connectivity index is 1.85. The zero-order valence-corrected chi connectivity index (χ0v) is 11.1. The Bertz CT molecular complexity index is 670. The number of carbonyl (C=O) groups excluding carboxylic acids is 1. The fourth-order valence-electron chi connectivity index (χ4n) is 2.49. The van der Waals surface area contributed by atoms with Crippen LogP contribution in [0.4, 0.5) is 0 Å². The number of rotatable bonds is 3. The molecule has 1 aromatic carbocycles. The van der Waals surface area contributed by atoms with E-state index in [1.165, 1.54) is 15.9 Å². The van der Waals surface area contributed by atoms with E-state index in [-0.39, 0.29) is 19.0 Å². The average molecular weight is 287 g/mol. The third-order valence-corrected chi connectivity index (χ3v) is 3.54. The average Bonchev–Trinajstić information content (AvgIpc) is 2.98. The Morgan fingerprint density at radius 3 is 2.71 bits per heavy atom. The van der Waals surface area contributed by atoms with Crippen molar-refractivity contribution >= 4 is 11.9 Å². The Labute approximate surface area is 120 Å². The van der Waals surface area contributed by atoms with E-state index in [1.54, 1.807) is 0 Å². The van der Waals surface area contributed by atoms with Gasteiger partial charge < -0.3 is 10.0 Å². The first-order chi connectivity index (χ1) is 10.1. The molecule has 0 aliphatic carbocycles. The summed E-state index contributed by atoms with van der Waals surface area (Å²) in [4.78, 5) is 25.1. The number of fused-ring (bicyclic) bond motifs is 1. The lowest BCUT2D eigenvalue weighted by atomic mass is 9.94. The molecule has 108 valence electrons. The third kappa shape index (κ3) is 2.60. The second-order valence-electron chi connectivity index (χ2n) is 4.86. The molecule has 3 rings (SSSR count). The Morgan fingerprint density at radius 2 is 2.05 bits per heavy atom. The number of hydrogen-bond donors (Lipinski definition) is 1. The molecule has 2 heterocycles. The quantitative estimate of drug-likeness (QED) is 0.832. The molecule has 8 heteroatoms. The van der Waals surface area contributed by atoms with E-state index >= 15 is 0 Å². The van der Waals surface area contributed by atoms with Crippen LogP contribution in [-0.2, 0) is 29.1 Å². The lowest BCUT2D eigenvalue weighted by Crippen LogP contribution is -2.49. The van der Waals surface area contributed by atoms with Gasteiger partial charge in [-0.15, -0.1) is 5.10 Å². The Hall–Kier alpha value is -2.77. The van der Waals surface area contributed by atoms with Gasteiger partial charge in [-0.3, -0.25) is 4.79 Å². The normalized spacial score (nSPS) is 17.3. The molecule has 0 bridgehead atoms. The van der Waals surface area contributed by atoms with Crippen molar-refractivity contribution < 1.29 is 14.7 Å². The van der Waals surface area contributed by atoms with Gasteiger partial charge in [0.2, 0.25) is 5.91 Å². The molecule has 0 fully saturated rings. The van der Waals surface area contributed by atoms with Gasteiger partial charge in [-0.2, -0.15) is 0 Å². The second-order valence-corrected chi connectivity index (χ2v) is 4.86. The monoisotopic (exact) mass is 287 g/mol. The van der Waals surface area contributed by atoms with Crippen LogP contribution in [0.5, 0.6) is 0 Å². The van der Waals surface area contributed by atoms with Crippen LogP contribution in [0, 0.1) is 0 Å². The Morgan fingerprint density at radius 1 is 1.29 bits per heavy atom. The zero-order valence-electron chi connectivity index (χ0n) is 11.1. The summed E-state index contributed by atoms with van der Waals surface area (Å²) in [6.45, 7) is 0.215. The van der Waals surface area contributed by atoms with Crippen LogP contribution in [0.15, 0.2) is 30.6 Å². The summed E-state index contributed by atoms with van der Waals surface area (Å²) in [5.41, 5.74) is 1.94. The standard InChI is InChI=1S/C13H13N5O3/c19-12(7-17-8-14-15-16-17)18-6-10-4-2-1-3-9(10)5-11(18)13(20)21/h1-4,8,11H,5-7H2,(H,20,21). The van der Waals surface area contributed by atoms with Gasteiger partial charge in [0.1, 0.15) is 18.9 Å². The first kappa shape index (κ1) is 13.2. The van der Waals surface area contributed by atoms with Gasteiger partial charge in [-0.05, 0) is 21.6 Å². The van der Waals surface area contributed by atoms with Crippen LogP contribution in [0.2, 0.25) is 0 Å². The maximum Gasteiger partial charge on any atom is 0.326 e. The van der Waals surface area contributed by atoms with Gasteiger partial charge in [-0.25, -0.2) is 9.48 Å². The summed E-state index contributed by atoms with van der Waals surface area (Å²) in [6.07, 6.45) is 1.64. The molecule has 8 nitrogen and oxygen atoms in total. The molecule has 0 saturated heterocycles. The highest BCUT2D eigenvalue weighted by Gasteiger charge is 2.34. The molecule has 1 aliphatic rings. The molecule has 1 amide bonds. The van der Waals surface area contributed by atoms with Crippen molar-refractivity contribution in [3.63, 3.8) is 0 Å². The number of carboxylic acids is 1. The number of amides is 1. The zero-order chi connectivity index (χ0) is 14.8. The van der Waals surface area contributed by atoms with Gasteiger partial charge in [0.05, 0.1) is 0 Å². The molecule has 0 radical (unpaired) electrons. The summed E-state index contributed by atoms with van der Waals surface area (Å²) < 4.78 is 1.28. The first-order valence-corrected chi connectivity index (χ1v) is 6.45. The van der Waals surface area contributed by atoms with Crippen molar-refractivity contribution in [1.29, 1.82) is 0 Å². The van der Waals surface area contributed by atoms with Crippen LogP contribution < -0.4 is 0 Å². The summed E-state index contributed by atoms with van der Waals surface area (Å²) in [6, 6.07) is 6.70. The number of hydrogen-bond acceptors (Lipinski definition) is 5. The first-order valence-electron chi connectivity index (χ1n) is 6.45. The molecule has 21 heavy (non-hydrogen) atoms. The highest BCUT2D eigenvalue weighted by molar-refractivity contribution is 5.84. The highest BCUT2D eigenvalue weighted by Crippen LogP contribution is 2.23. The van der Waals surface area contributed by atoms with Crippen molar-refractivity contribution in [3.05, 3.63) is 41.7 Å². The van der Waals surface area contributed by atoms with Crippen LogP contribution in [0.3, 0.4) is 0 Å². The highest BCUT2D eigenvalue weighted by atomic mass is 16.4. The smallest absolute Gasteiger partial charge is 0.326 e.